The highest BCUT2D eigenvalue weighted by Crippen LogP contribution is 2.19. The summed E-state index contributed by atoms with van der Waals surface area (Å²) in [5, 5.41) is 13.7. The van der Waals surface area contributed by atoms with Gasteiger partial charge in [0.2, 0.25) is 5.13 Å². The lowest BCUT2D eigenvalue weighted by atomic mass is 9.96. The number of rotatable bonds is 7. The molecule has 1 atom stereocenters. The molecular weight excluding hydrogens is 232 g/mol. The zero-order valence-electron chi connectivity index (χ0n) is 11.2. The summed E-state index contributed by atoms with van der Waals surface area (Å²) in [6, 6.07) is 0. The van der Waals surface area contributed by atoms with Gasteiger partial charge in [0, 0.05) is 13.0 Å². The van der Waals surface area contributed by atoms with Gasteiger partial charge >= 0.3 is 0 Å². The summed E-state index contributed by atoms with van der Waals surface area (Å²) in [6.45, 7) is 10.4. The Morgan fingerprint density at radius 2 is 1.94 bits per heavy atom. The first-order valence-electron chi connectivity index (χ1n) is 6.29. The summed E-state index contributed by atoms with van der Waals surface area (Å²) in [6.07, 6.45) is 1.00. The van der Waals surface area contributed by atoms with Gasteiger partial charge in [-0.15, -0.1) is 10.2 Å². The molecule has 0 fully saturated rings. The highest BCUT2D eigenvalue weighted by atomic mass is 32.1. The smallest absolute Gasteiger partial charge is 0.205 e. The molecule has 0 saturated carbocycles. The van der Waals surface area contributed by atoms with Gasteiger partial charge in [-0.05, 0) is 24.3 Å². The van der Waals surface area contributed by atoms with Gasteiger partial charge in [-0.3, -0.25) is 0 Å². The monoisotopic (exact) mass is 256 g/mol. The molecule has 0 radical (unpaired) electrons. The first kappa shape index (κ1) is 14.4. The second-order valence-electron chi connectivity index (χ2n) is 5.22. The molecule has 5 heteroatoms. The first-order chi connectivity index (χ1) is 8.02. The third-order valence-corrected chi connectivity index (χ3v) is 3.71. The van der Waals surface area contributed by atoms with Crippen molar-refractivity contribution in [3.05, 3.63) is 5.01 Å². The Kier molecular flexibility index (Phi) is 5.85. The molecule has 0 aliphatic heterocycles. The van der Waals surface area contributed by atoms with Crippen molar-refractivity contribution < 1.29 is 0 Å². The molecule has 0 aromatic carbocycles. The molecule has 3 N–H and O–H groups in total. The number of nitrogens with one attached hydrogen (secondary N) is 1. The summed E-state index contributed by atoms with van der Waals surface area (Å²) in [4.78, 5) is 0. The third kappa shape index (κ3) is 5.00. The Bertz CT molecular complexity index is 322. The van der Waals surface area contributed by atoms with Crippen molar-refractivity contribution in [1.29, 1.82) is 0 Å². The van der Waals surface area contributed by atoms with E-state index in [2.05, 4.69) is 43.2 Å². The lowest BCUT2D eigenvalue weighted by Gasteiger charge is -2.18. The van der Waals surface area contributed by atoms with Crippen LogP contribution in [-0.4, -0.2) is 23.3 Å². The second-order valence-corrected chi connectivity index (χ2v) is 6.28. The summed E-state index contributed by atoms with van der Waals surface area (Å²) >= 11 is 1.65. The van der Waals surface area contributed by atoms with Crippen molar-refractivity contribution in [3.8, 4) is 0 Å². The fourth-order valence-electron chi connectivity index (χ4n) is 1.57. The summed E-state index contributed by atoms with van der Waals surface area (Å²) < 4.78 is 0. The minimum atomic E-state index is 0.493. The van der Waals surface area contributed by atoms with Crippen molar-refractivity contribution in [2.24, 2.45) is 23.5 Å². The minimum Gasteiger partial charge on any atom is -0.360 e. The van der Waals surface area contributed by atoms with E-state index in [9.17, 15) is 0 Å². The lowest BCUT2D eigenvalue weighted by Crippen LogP contribution is -2.27. The molecule has 17 heavy (non-hydrogen) atoms. The van der Waals surface area contributed by atoms with Crippen LogP contribution in [-0.2, 0) is 6.42 Å². The number of nitrogens with two attached hydrogens (primary N) is 1. The molecule has 0 bridgehead atoms. The summed E-state index contributed by atoms with van der Waals surface area (Å²) in [7, 11) is 0. The first-order valence-corrected chi connectivity index (χ1v) is 7.10. The molecule has 1 unspecified atom stereocenters. The SMILES string of the molecule is CC(C)Cc1nnc(NCC(CN)C(C)C)s1. The fourth-order valence-corrected chi connectivity index (χ4v) is 2.53. The zero-order chi connectivity index (χ0) is 12.8. The molecule has 1 rings (SSSR count). The van der Waals surface area contributed by atoms with Gasteiger partial charge in [0.15, 0.2) is 0 Å². The molecular formula is C12H24N4S. The molecule has 1 heterocycles. The van der Waals surface area contributed by atoms with Crippen LogP contribution in [0.3, 0.4) is 0 Å². The zero-order valence-corrected chi connectivity index (χ0v) is 12.0. The second kappa shape index (κ2) is 6.91. The van der Waals surface area contributed by atoms with Gasteiger partial charge < -0.3 is 11.1 Å². The van der Waals surface area contributed by atoms with Crippen LogP contribution < -0.4 is 11.1 Å². The number of hydrogen-bond acceptors (Lipinski definition) is 5. The average Bonchev–Trinajstić information content (AvgIpc) is 2.65. The quantitative estimate of drug-likeness (QED) is 0.786. The molecule has 0 saturated heterocycles. The largest absolute Gasteiger partial charge is 0.360 e. The average molecular weight is 256 g/mol. The van der Waals surface area contributed by atoms with Gasteiger partial charge in [0.25, 0.3) is 0 Å². The van der Waals surface area contributed by atoms with Crippen molar-refractivity contribution in [1.82, 2.24) is 10.2 Å². The predicted octanol–water partition coefficient (Wildman–Crippen LogP) is 2.38. The Balaban J connectivity index is 2.43. The maximum Gasteiger partial charge on any atom is 0.205 e. The van der Waals surface area contributed by atoms with Gasteiger partial charge in [-0.2, -0.15) is 0 Å². The van der Waals surface area contributed by atoms with Gasteiger partial charge in [-0.25, -0.2) is 0 Å². The highest BCUT2D eigenvalue weighted by Gasteiger charge is 2.12. The van der Waals surface area contributed by atoms with Crippen molar-refractivity contribution in [2.75, 3.05) is 18.4 Å². The highest BCUT2D eigenvalue weighted by molar-refractivity contribution is 7.15. The van der Waals surface area contributed by atoms with E-state index in [0.717, 1.165) is 23.1 Å². The van der Waals surface area contributed by atoms with Crippen LogP contribution in [0.1, 0.15) is 32.7 Å². The lowest BCUT2D eigenvalue weighted by molar-refractivity contribution is 0.413. The topological polar surface area (TPSA) is 63.8 Å². The van der Waals surface area contributed by atoms with Crippen LogP contribution in [0.2, 0.25) is 0 Å². The predicted molar refractivity (Wildman–Crippen MR) is 74.3 cm³/mol. The molecule has 1 aromatic rings. The van der Waals surface area contributed by atoms with E-state index in [4.69, 9.17) is 5.73 Å². The summed E-state index contributed by atoms with van der Waals surface area (Å²) in [5.74, 6) is 1.71. The van der Waals surface area contributed by atoms with Crippen LogP contribution in [0.25, 0.3) is 0 Å². The Labute approximate surface area is 108 Å². The van der Waals surface area contributed by atoms with E-state index in [1.807, 2.05) is 0 Å². The Morgan fingerprint density at radius 3 is 2.47 bits per heavy atom. The van der Waals surface area contributed by atoms with Crippen molar-refractivity contribution in [2.45, 2.75) is 34.1 Å². The Morgan fingerprint density at radius 1 is 1.24 bits per heavy atom. The van der Waals surface area contributed by atoms with Gasteiger partial charge in [-0.1, -0.05) is 39.0 Å². The van der Waals surface area contributed by atoms with E-state index in [1.165, 1.54) is 0 Å². The van der Waals surface area contributed by atoms with E-state index in [0.29, 0.717) is 24.3 Å². The van der Waals surface area contributed by atoms with E-state index >= 15 is 0 Å². The maximum atomic E-state index is 5.74. The molecule has 0 spiro atoms. The van der Waals surface area contributed by atoms with Crippen LogP contribution in [0.4, 0.5) is 5.13 Å². The van der Waals surface area contributed by atoms with Gasteiger partial charge in [0.05, 0.1) is 0 Å². The number of anilines is 1. The molecule has 0 aliphatic carbocycles. The van der Waals surface area contributed by atoms with Gasteiger partial charge in [0.1, 0.15) is 5.01 Å². The van der Waals surface area contributed by atoms with E-state index in [-0.39, 0.29) is 0 Å². The van der Waals surface area contributed by atoms with Crippen LogP contribution in [0.15, 0.2) is 0 Å². The molecule has 0 aliphatic rings. The number of aromatic nitrogens is 2. The molecule has 4 nitrogen and oxygen atoms in total. The maximum absolute atomic E-state index is 5.74. The Hall–Kier alpha value is -0.680. The van der Waals surface area contributed by atoms with E-state index in [1.54, 1.807) is 11.3 Å². The molecule has 1 aromatic heterocycles. The third-order valence-electron chi connectivity index (χ3n) is 2.81. The minimum absolute atomic E-state index is 0.493. The standard InChI is InChI=1S/C12H24N4S/c1-8(2)5-11-15-16-12(17-11)14-7-10(6-13)9(3)4/h8-10H,5-7,13H2,1-4H3,(H,14,16). The fraction of sp³-hybridized carbons (Fsp3) is 0.833. The van der Waals surface area contributed by atoms with E-state index < -0.39 is 0 Å². The normalized spacial score (nSPS) is 13.4. The van der Waals surface area contributed by atoms with Crippen molar-refractivity contribution in [3.63, 3.8) is 0 Å². The summed E-state index contributed by atoms with van der Waals surface area (Å²) in [5.41, 5.74) is 5.74. The molecule has 0 amide bonds. The molecule has 98 valence electrons. The van der Waals surface area contributed by atoms with Crippen molar-refractivity contribution >= 4 is 16.5 Å². The number of hydrogen-bond donors (Lipinski definition) is 2. The number of nitrogens with zero attached hydrogens (tertiary/aromatic N) is 2. The van der Waals surface area contributed by atoms with Crippen LogP contribution >= 0.6 is 11.3 Å². The van der Waals surface area contributed by atoms with Crippen LogP contribution in [0, 0.1) is 17.8 Å². The van der Waals surface area contributed by atoms with Crippen LogP contribution in [0.5, 0.6) is 0 Å².